The van der Waals surface area contributed by atoms with Crippen LogP contribution in [0.4, 0.5) is 11.4 Å². The normalized spacial score (nSPS) is 15.7. The van der Waals surface area contributed by atoms with E-state index in [1.165, 1.54) is 11.3 Å². The Labute approximate surface area is 156 Å². The molecule has 134 valence electrons. The molecule has 1 aliphatic rings. The topological polar surface area (TPSA) is 87.0 Å². The molecule has 0 radical (unpaired) electrons. The smallest absolute Gasteiger partial charge is 0.265 e. The van der Waals surface area contributed by atoms with Crippen LogP contribution < -0.4 is 16.0 Å². The number of H-pyrrole nitrogens is 1. The van der Waals surface area contributed by atoms with Gasteiger partial charge in [-0.3, -0.25) is 9.89 Å². The molecule has 7 heteroatoms. The number of aryl methyl sites for hydroxylation is 1. The zero-order chi connectivity index (χ0) is 18.5. The Hall–Kier alpha value is -2.80. The van der Waals surface area contributed by atoms with Gasteiger partial charge >= 0.3 is 0 Å². The summed E-state index contributed by atoms with van der Waals surface area (Å²) in [7, 11) is 0. The first-order valence-electron chi connectivity index (χ1n) is 8.44. The highest BCUT2D eigenvalue weighted by Gasteiger charge is 2.38. The standard InChI is InChI=1S/C19H21N5OS/c1-11-14(9-21-23-11)16-8-15-17(26-16)18(25)22-19(2,3)24(15)10-12-5-4-6-13(20)7-12/h4-9H,10,20H2,1-3H3,(H,21,23)(H,22,25). The monoisotopic (exact) mass is 367 g/mol. The minimum atomic E-state index is -0.502. The van der Waals surface area contributed by atoms with Gasteiger partial charge in [-0.1, -0.05) is 12.1 Å². The average Bonchev–Trinajstić information content (AvgIpc) is 3.17. The zero-order valence-corrected chi connectivity index (χ0v) is 15.8. The number of hydrogen-bond acceptors (Lipinski definition) is 5. The fourth-order valence-electron chi connectivity index (χ4n) is 3.34. The minimum absolute atomic E-state index is 0.0359. The first kappa shape index (κ1) is 16.7. The van der Waals surface area contributed by atoms with Gasteiger partial charge in [0.15, 0.2) is 0 Å². The van der Waals surface area contributed by atoms with E-state index in [0.29, 0.717) is 6.54 Å². The van der Waals surface area contributed by atoms with Crippen molar-refractivity contribution in [1.29, 1.82) is 0 Å². The molecule has 6 nitrogen and oxygen atoms in total. The number of nitrogens with one attached hydrogen (secondary N) is 2. The van der Waals surface area contributed by atoms with Gasteiger partial charge in [-0.25, -0.2) is 0 Å². The van der Waals surface area contributed by atoms with E-state index in [4.69, 9.17) is 5.73 Å². The van der Waals surface area contributed by atoms with Crippen molar-refractivity contribution in [2.24, 2.45) is 0 Å². The number of fused-ring (bicyclic) bond motifs is 1. The van der Waals surface area contributed by atoms with E-state index >= 15 is 0 Å². The molecule has 0 saturated carbocycles. The lowest BCUT2D eigenvalue weighted by molar-refractivity contribution is 0.0902. The Balaban J connectivity index is 1.79. The molecule has 0 atom stereocenters. The number of aromatic amines is 1. The van der Waals surface area contributed by atoms with Gasteiger partial charge in [0, 0.05) is 28.4 Å². The number of nitrogen functional groups attached to an aromatic ring is 1. The van der Waals surface area contributed by atoms with E-state index in [-0.39, 0.29) is 5.91 Å². The molecule has 26 heavy (non-hydrogen) atoms. The highest BCUT2D eigenvalue weighted by Crippen LogP contribution is 2.42. The molecule has 1 aromatic carbocycles. The number of nitrogens with two attached hydrogens (primary N) is 1. The second-order valence-corrected chi connectivity index (χ2v) is 8.13. The van der Waals surface area contributed by atoms with Crippen molar-refractivity contribution in [3.05, 3.63) is 52.7 Å². The third-order valence-electron chi connectivity index (χ3n) is 4.69. The molecule has 1 aliphatic heterocycles. The van der Waals surface area contributed by atoms with Crippen molar-refractivity contribution in [3.63, 3.8) is 0 Å². The number of carbonyl (C=O) groups is 1. The summed E-state index contributed by atoms with van der Waals surface area (Å²) in [6.07, 6.45) is 1.80. The predicted molar refractivity (Wildman–Crippen MR) is 105 cm³/mol. The molecule has 3 aromatic rings. The van der Waals surface area contributed by atoms with E-state index in [9.17, 15) is 4.79 Å². The van der Waals surface area contributed by atoms with Crippen LogP contribution in [0.25, 0.3) is 10.4 Å². The molecular weight excluding hydrogens is 346 g/mol. The average molecular weight is 367 g/mol. The summed E-state index contributed by atoms with van der Waals surface area (Å²) >= 11 is 1.50. The van der Waals surface area contributed by atoms with Gasteiger partial charge in [0.25, 0.3) is 5.91 Å². The predicted octanol–water partition coefficient (Wildman–Crippen LogP) is 3.51. The Kier molecular flexibility index (Phi) is 3.77. The van der Waals surface area contributed by atoms with Crippen molar-refractivity contribution in [1.82, 2.24) is 15.5 Å². The summed E-state index contributed by atoms with van der Waals surface area (Å²) in [5.41, 5.74) is 10.2. The maximum absolute atomic E-state index is 12.7. The number of amides is 1. The fraction of sp³-hybridized carbons (Fsp3) is 0.263. The Morgan fingerprint density at radius 2 is 2.12 bits per heavy atom. The summed E-state index contributed by atoms with van der Waals surface area (Å²) in [5, 5.41) is 10.2. The Morgan fingerprint density at radius 1 is 1.31 bits per heavy atom. The van der Waals surface area contributed by atoms with Gasteiger partial charge in [0.05, 0.1) is 11.9 Å². The summed E-state index contributed by atoms with van der Waals surface area (Å²) in [4.78, 5) is 16.6. The van der Waals surface area contributed by atoms with Crippen LogP contribution in [0.3, 0.4) is 0 Å². The van der Waals surface area contributed by atoms with E-state index < -0.39 is 5.66 Å². The van der Waals surface area contributed by atoms with Crippen molar-refractivity contribution in [2.45, 2.75) is 33.0 Å². The molecule has 0 fully saturated rings. The van der Waals surface area contributed by atoms with Gasteiger partial charge in [-0.15, -0.1) is 11.3 Å². The number of thiophene rings is 1. The molecule has 1 amide bonds. The van der Waals surface area contributed by atoms with E-state index in [0.717, 1.165) is 37.9 Å². The summed E-state index contributed by atoms with van der Waals surface area (Å²) in [6, 6.07) is 9.94. The molecule has 0 spiro atoms. The van der Waals surface area contributed by atoms with E-state index in [2.05, 4.69) is 32.5 Å². The summed E-state index contributed by atoms with van der Waals surface area (Å²) in [6.45, 7) is 6.67. The molecule has 4 rings (SSSR count). The maximum Gasteiger partial charge on any atom is 0.265 e. The molecule has 3 heterocycles. The molecule has 0 unspecified atom stereocenters. The molecule has 2 aromatic heterocycles. The SMILES string of the molecule is Cc1[nH]ncc1-c1cc2c(s1)C(=O)NC(C)(C)N2Cc1cccc(N)c1. The Morgan fingerprint density at radius 3 is 2.81 bits per heavy atom. The van der Waals surface area contributed by atoms with Crippen molar-refractivity contribution in [3.8, 4) is 10.4 Å². The lowest BCUT2D eigenvalue weighted by Gasteiger charge is -2.44. The van der Waals surface area contributed by atoms with Crippen LogP contribution in [0.2, 0.25) is 0 Å². The van der Waals surface area contributed by atoms with Crippen molar-refractivity contribution < 1.29 is 4.79 Å². The van der Waals surface area contributed by atoms with Crippen LogP contribution in [-0.4, -0.2) is 21.8 Å². The highest BCUT2D eigenvalue weighted by molar-refractivity contribution is 7.18. The van der Waals surface area contributed by atoms with E-state index in [1.54, 1.807) is 6.20 Å². The van der Waals surface area contributed by atoms with Crippen molar-refractivity contribution >= 4 is 28.6 Å². The lowest BCUT2D eigenvalue weighted by atomic mass is 10.0. The largest absolute Gasteiger partial charge is 0.399 e. The summed E-state index contributed by atoms with van der Waals surface area (Å²) in [5.74, 6) is -0.0359. The van der Waals surface area contributed by atoms with Crippen LogP contribution in [-0.2, 0) is 6.54 Å². The van der Waals surface area contributed by atoms with Gasteiger partial charge in [-0.2, -0.15) is 5.10 Å². The van der Waals surface area contributed by atoms with Crippen LogP contribution in [0.5, 0.6) is 0 Å². The van der Waals surface area contributed by atoms with Crippen LogP contribution in [0.1, 0.15) is 34.8 Å². The molecule has 0 aliphatic carbocycles. The third kappa shape index (κ3) is 2.74. The van der Waals surface area contributed by atoms with Crippen LogP contribution in [0.15, 0.2) is 36.5 Å². The number of benzene rings is 1. The number of carbonyl (C=O) groups excluding carboxylic acids is 1. The van der Waals surface area contributed by atoms with Crippen molar-refractivity contribution in [2.75, 3.05) is 10.6 Å². The molecule has 4 N–H and O–H groups in total. The third-order valence-corrected chi connectivity index (χ3v) is 5.85. The fourth-order valence-corrected chi connectivity index (χ4v) is 4.46. The highest BCUT2D eigenvalue weighted by atomic mass is 32.1. The number of anilines is 2. The first-order chi connectivity index (χ1) is 12.3. The maximum atomic E-state index is 12.7. The number of aromatic nitrogens is 2. The molecule has 0 saturated heterocycles. The lowest BCUT2D eigenvalue weighted by Crippen LogP contribution is -2.59. The number of rotatable bonds is 3. The van der Waals surface area contributed by atoms with Gasteiger partial charge in [0.1, 0.15) is 10.5 Å². The van der Waals surface area contributed by atoms with Gasteiger partial charge in [-0.05, 0) is 44.5 Å². The number of nitrogens with zero attached hydrogens (tertiary/aromatic N) is 2. The quantitative estimate of drug-likeness (QED) is 0.618. The summed E-state index contributed by atoms with van der Waals surface area (Å²) < 4.78 is 0. The van der Waals surface area contributed by atoms with Gasteiger partial charge < -0.3 is 16.0 Å². The second kappa shape index (κ2) is 5.88. The number of hydrogen-bond donors (Lipinski definition) is 3. The minimum Gasteiger partial charge on any atom is -0.399 e. The van der Waals surface area contributed by atoms with Gasteiger partial charge in [0.2, 0.25) is 0 Å². The van der Waals surface area contributed by atoms with Crippen LogP contribution >= 0.6 is 11.3 Å². The zero-order valence-electron chi connectivity index (χ0n) is 15.0. The van der Waals surface area contributed by atoms with Crippen LogP contribution in [0, 0.1) is 6.92 Å². The van der Waals surface area contributed by atoms with E-state index in [1.807, 2.05) is 39.0 Å². The first-order valence-corrected chi connectivity index (χ1v) is 9.25. The second-order valence-electron chi connectivity index (χ2n) is 7.08. The molecular formula is C19H21N5OS. The molecule has 0 bridgehead atoms. The Bertz CT molecular complexity index is 987.